The molecule has 0 bridgehead atoms. The third-order valence-electron chi connectivity index (χ3n) is 8.80. The highest BCUT2D eigenvalue weighted by Gasteiger charge is 2.33. The maximum atomic E-state index is 13.8. The summed E-state index contributed by atoms with van der Waals surface area (Å²) < 4.78 is 13.0. The van der Waals surface area contributed by atoms with E-state index < -0.39 is 0 Å². The summed E-state index contributed by atoms with van der Waals surface area (Å²) in [5, 5.41) is 10.0. The molecule has 240 valence electrons. The molecule has 2 aliphatic heterocycles. The minimum atomic E-state index is -0.275. The van der Waals surface area contributed by atoms with Gasteiger partial charge in [-0.1, -0.05) is 67.3 Å². The largest absolute Gasteiger partial charge is 0.493 e. The van der Waals surface area contributed by atoms with Crippen LogP contribution in [-0.4, -0.2) is 53.5 Å². The Balaban J connectivity index is 1.44. The molecule has 0 aliphatic carbocycles. The van der Waals surface area contributed by atoms with Crippen molar-refractivity contribution >= 4 is 46.1 Å². The van der Waals surface area contributed by atoms with Crippen LogP contribution in [-0.2, 0) is 24.2 Å². The van der Waals surface area contributed by atoms with Crippen LogP contribution in [0.5, 0.6) is 11.5 Å². The number of piperidine rings is 1. The first-order valence-corrected chi connectivity index (χ1v) is 16.9. The first-order valence-electron chi connectivity index (χ1n) is 15.7. The van der Waals surface area contributed by atoms with Crippen LogP contribution in [0, 0.1) is 24.2 Å². The number of carbonyl (C=O) groups excluding carboxylic acids is 1. The number of carbonyl (C=O) groups is 1. The zero-order chi connectivity index (χ0) is 32.8. The summed E-state index contributed by atoms with van der Waals surface area (Å²) in [6.07, 6.45) is 6.19. The number of thiocarbonyl (C=S) groups is 1. The molecule has 3 heterocycles. The third-order valence-corrected chi connectivity index (χ3v) is 10.2. The molecule has 5 rings (SSSR count). The number of anilines is 1. The van der Waals surface area contributed by atoms with Crippen molar-refractivity contribution < 1.29 is 14.3 Å². The van der Waals surface area contributed by atoms with Crippen molar-refractivity contribution in [2.75, 3.05) is 38.8 Å². The van der Waals surface area contributed by atoms with E-state index in [-0.39, 0.29) is 17.0 Å². The fourth-order valence-electron chi connectivity index (χ4n) is 6.31. The minimum Gasteiger partial charge on any atom is -0.493 e. The van der Waals surface area contributed by atoms with E-state index in [4.69, 9.17) is 21.7 Å². The van der Waals surface area contributed by atoms with Crippen LogP contribution in [0.15, 0.2) is 58.2 Å². The highest BCUT2D eigenvalue weighted by molar-refractivity contribution is 8.26. The predicted molar refractivity (Wildman–Crippen MR) is 189 cm³/mol. The van der Waals surface area contributed by atoms with Crippen molar-refractivity contribution in [3.63, 3.8) is 0 Å². The van der Waals surface area contributed by atoms with E-state index in [1.807, 2.05) is 44.2 Å². The van der Waals surface area contributed by atoms with Gasteiger partial charge in [0.2, 0.25) is 0 Å². The number of hydrogen-bond acceptors (Lipinski definition) is 8. The molecule has 46 heavy (non-hydrogen) atoms. The summed E-state index contributed by atoms with van der Waals surface area (Å²) in [7, 11) is 3.19. The third kappa shape index (κ3) is 7.01. The van der Waals surface area contributed by atoms with E-state index in [0.29, 0.717) is 51.7 Å². The Morgan fingerprint density at radius 1 is 1.02 bits per heavy atom. The normalized spacial score (nSPS) is 16.3. The minimum absolute atomic E-state index is 0.117. The highest BCUT2D eigenvalue weighted by atomic mass is 32.2. The fraction of sp³-hybridized carbons (Fsp3) is 0.389. The Bertz CT molecular complexity index is 1740. The van der Waals surface area contributed by atoms with E-state index in [1.165, 1.54) is 17.3 Å². The number of pyridine rings is 1. The van der Waals surface area contributed by atoms with E-state index >= 15 is 0 Å². The molecule has 2 fully saturated rings. The molecule has 3 aromatic rings. The summed E-state index contributed by atoms with van der Waals surface area (Å²) in [5.74, 6) is 2.45. The SMILES string of the molecule is CCCn1c(N2CCC(Cc3ccccc3)CC2)c(/C=C2/SC(=S)N(CCc3ccc(OC)c(OC)c3)C2=O)c(C)c(C#N)c1=O. The Morgan fingerprint density at radius 2 is 1.74 bits per heavy atom. The Hall–Kier alpha value is -4.07. The Labute approximate surface area is 280 Å². The van der Waals surface area contributed by atoms with Crippen LogP contribution >= 0.6 is 24.0 Å². The Kier molecular flexibility index (Phi) is 10.9. The number of rotatable bonds is 11. The number of hydrogen-bond donors (Lipinski definition) is 0. The summed E-state index contributed by atoms with van der Waals surface area (Å²) in [6.45, 7) is 6.32. The van der Waals surface area contributed by atoms with Gasteiger partial charge >= 0.3 is 0 Å². The van der Waals surface area contributed by atoms with Crippen molar-refractivity contribution in [3.8, 4) is 17.6 Å². The number of ether oxygens (including phenoxy) is 2. The number of nitriles is 1. The highest BCUT2D eigenvalue weighted by Crippen LogP contribution is 2.37. The van der Waals surface area contributed by atoms with Crippen molar-refractivity contribution in [2.45, 2.75) is 52.5 Å². The summed E-state index contributed by atoms with van der Waals surface area (Å²) in [6, 6.07) is 18.4. The van der Waals surface area contributed by atoms with Crippen LogP contribution < -0.4 is 19.9 Å². The summed E-state index contributed by atoms with van der Waals surface area (Å²) in [4.78, 5) is 31.8. The topological polar surface area (TPSA) is 87.8 Å². The summed E-state index contributed by atoms with van der Waals surface area (Å²) in [5.41, 5.74) is 3.51. The summed E-state index contributed by atoms with van der Waals surface area (Å²) >= 11 is 6.94. The number of thioether (sulfide) groups is 1. The van der Waals surface area contributed by atoms with Crippen molar-refractivity contribution in [2.24, 2.45) is 5.92 Å². The molecular formula is C36H40N4O4S2. The van der Waals surface area contributed by atoms with Crippen molar-refractivity contribution in [1.82, 2.24) is 9.47 Å². The standard InChI is InChI=1S/C36H40N4O4S2/c1-5-16-39-33(38-17-13-27(14-18-38)20-25-9-7-6-8-10-25)28(24(2)29(23-37)34(39)41)22-32-35(42)40(36(45)46-32)19-15-26-11-12-30(43-3)31(21-26)44-4/h6-12,21-22,27H,5,13-20H2,1-4H3/b32-22+. The van der Waals surface area contributed by atoms with Crippen LogP contribution in [0.1, 0.15) is 54.0 Å². The van der Waals surface area contributed by atoms with Gasteiger partial charge in [-0.3, -0.25) is 19.1 Å². The average Bonchev–Trinajstić information content (AvgIpc) is 3.34. The maximum absolute atomic E-state index is 13.8. The lowest BCUT2D eigenvalue weighted by molar-refractivity contribution is -0.122. The van der Waals surface area contributed by atoms with Gasteiger partial charge in [-0.2, -0.15) is 5.26 Å². The smallest absolute Gasteiger partial charge is 0.270 e. The second kappa shape index (κ2) is 15.0. The zero-order valence-corrected chi connectivity index (χ0v) is 28.5. The van der Waals surface area contributed by atoms with Gasteiger partial charge in [-0.25, -0.2) is 0 Å². The molecule has 1 amide bonds. The molecule has 0 N–H and O–H groups in total. The molecule has 2 aromatic carbocycles. The van der Waals surface area contributed by atoms with Crippen LogP contribution in [0.25, 0.3) is 6.08 Å². The second-order valence-corrected chi connectivity index (χ2v) is 13.4. The quantitative estimate of drug-likeness (QED) is 0.174. The lowest BCUT2D eigenvalue weighted by Gasteiger charge is -2.36. The van der Waals surface area contributed by atoms with Crippen LogP contribution in [0.4, 0.5) is 5.82 Å². The first kappa shape index (κ1) is 33.3. The van der Waals surface area contributed by atoms with E-state index in [2.05, 4.69) is 35.2 Å². The molecular weight excluding hydrogens is 617 g/mol. The lowest BCUT2D eigenvalue weighted by atomic mass is 9.90. The molecule has 0 atom stereocenters. The van der Waals surface area contributed by atoms with Gasteiger partial charge in [-0.05, 0) is 79.8 Å². The van der Waals surface area contributed by atoms with Crippen molar-refractivity contribution in [3.05, 3.63) is 91.6 Å². The van der Waals surface area contributed by atoms with E-state index in [1.54, 1.807) is 23.7 Å². The molecule has 0 unspecified atom stereocenters. The monoisotopic (exact) mass is 656 g/mol. The van der Waals surface area contributed by atoms with Gasteiger partial charge in [0, 0.05) is 31.7 Å². The first-order chi connectivity index (χ1) is 22.3. The second-order valence-electron chi connectivity index (χ2n) is 11.7. The molecule has 10 heteroatoms. The molecule has 2 aliphatic rings. The maximum Gasteiger partial charge on any atom is 0.270 e. The molecule has 0 radical (unpaired) electrons. The van der Waals surface area contributed by atoms with E-state index in [9.17, 15) is 14.9 Å². The predicted octanol–water partition coefficient (Wildman–Crippen LogP) is 6.36. The lowest BCUT2D eigenvalue weighted by Crippen LogP contribution is -2.40. The number of benzene rings is 2. The van der Waals surface area contributed by atoms with Gasteiger partial charge in [-0.15, -0.1) is 0 Å². The molecule has 0 saturated carbocycles. The van der Waals surface area contributed by atoms with Gasteiger partial charge in [0.25, 0.3) is 11.5 Å². The molecule has 1 aromatic heterocycles. The van der Waals surface area contributed by atoms with Gasteiger partial charge in [0.1, 0.15) is 21.8 Å². The number of nitrogens with zero attached hydrogens (tertiary/aromatic N) is 4. The number of methoxy groups -OCH3 is 2. The number of aromatic nitrogens is 1. The van der Waals surface area contributed by atoms with E-state index in [0.717, 1.165) is 55.7 Å². The fourth-order valence-corrected chi connectivity index (χ4v) is 7.60. The molecule has 2 saturated heterocycles. The van der Waals surface area contributed by atoms with Crippen molar-refractivity contribution in [1.29, 1.82) is 5.26 Å². The van der Waals surface area contributed by atoms with Gasteiger partial charge < -0.3 is 14.4 Å². The molecule has 0 spiro atoms. The average molecular weight is 657 g/mol. The molecule has 8 nitrogen and oxygen atoms in total. The van der Waals surface area contributed by atoms with Crippen LogP contribution in [0.3, 0.4) is 0 Å². The number of amides is 1. The zero-order valence-electron chi connectivity index (χ0n) is 26.9. The van der Waals surface area contributed by atoms with Gasteiger partial charge in [0.15, 0.2) is 11.5 Å². The van der Waals surface area contributed by atoms with Gasteiger partial charge in [0.05, 0.1) is 19.1 Å². The Morgan fingerprint density at radius 3 is 2.39 bits per heavy atom. The van der Waals surface area contributed by atoms with Crippen LogP contribution in [0.2, 0.25) is 0 Å².